The first-order valence-electron chi connectivity index (χ1n) is 5.37. The molecule has 0 aliphatic carbocycles. The summed E-state index contributed by atoms with van der Waals surface area (Å²) in [4.78, 5) is 17.9. The fraction of sp³-hybridized carbons (Fsp3) is 0.500. The van der Waals surface area contributed by atoms with Gasteiger partial charge in [0, 0.05) is 0 Å². The first kappa shape index (κ1) is 14.5. The third-order valence-corrected chi connectivity index (χ3v) is 7.22. The monoisotopic (exact) mass is 522 g/mol. The number of piperazine rings is 1. The van der Waals surface area contributed by atoms with E-state index in [9.17, 15) is 4.79 Å². The summed E-state index contributed by atoms with van der Waals surface area (Å²) in [6.07, 6.45) is 0. The van der Waals surface area contributed by atoms with Crippen LogP contribution in [0.25, 0.3) is 0 Å². The molecule has 1 aromatic rings. The second kappa shape index (κ2) is 7.06. The number of hydrogen-bond acceptors (Lipinski definition) is 5. The molecular weight excluding hydrogens is 512 g/mol. The molecule has 0 atom stereocenters. The molecule has 0 spiro atoms. The predicted octanol–water partition coefficient (Wildman–Crippen LogP) is -0.840. The topological polar surface area (TPSA) is 57.3 Å². The fourth-order valence-electron chi connectivity index (χ4n) is 1.75. The molecule has 0 radical (unpaired) electrons. The third-order valence-electron chi connectivity index (χ3n) is 2.46. The number of amides is 1. The Balaban J connectivity index is 2.13. The van der Waals surface area contributed by atoms with Crippen LogP contribution in [0.5, 0.6) is 0 Å². The predicted molar refractivity (Wildman–Crippen MR) is 63.0 cm³/mol. The van der Waals surface area contributed by atoms with E-state index >= 15 is 0 Å². The van der Waals surface area contributed by atoms with Gasteiger partial charge in [0.1, 0.15) is 0 Å². The van der Waals surface area contributed by atoms with Gasteiger partial charge in [-0.15, -0.1) is 0 Å². The maximum absolute atomic E-state index is 11.1. The van der Waals surface area contributed by atoms with E-state index < -0.39 is 0 Å². The van der Waals surface area contributed by atoms with Crippen molar-refractivity contribution in [2.45, 2.75) is 0 Å². The number of rotatable bonds is 2. The van der Waals surface area contributed by atoms with Gasteiger partial charge in [0.05, 0.1) is 0 Å². The summed E-state index contributed by atoms with van der Waals surface area (Å²) >= 11 is 1.91. The zero-order chi connectivity index (χ0) is 11.5. The molecular formula is C8H11N4ORaRbS. The summed E-state index contributed by atoms with van der Waals surface area (Å²) in [5.41, 5.74) is 0. The van der Waals surface area contributed by atoms with Crippen LogP contribution < -0.4 is 14.3 Å². The molecule has 1 fully saturated rings. The van der Waals surface area contributed by atoms with Crippen molar-refractivity contribution in [3.63, 3.8) is 0 Å². The van der Waals surface area contributed by atoms with Gasteiger partial charge in [0.15, 0.2) is 0 Å². The van der Waals surface area contributed by atoms with E-state index in [1.165, 1.54) is 3.76 Å². The van der Waals surface area contributed by atoms with Crippen LogP contribution >= 0.6 is 11.3 Å². The number of carbonyl (C=O) groups is 1. The molecule has 1 aliphatic rings. The summed E-state index contributed by atoms with van der Waals surface area (Å²) in [6.45, 7) is 4.18. The van der Waals surface area contributed by atoms with Crippen molar-refractivity contribution in [3.8, 4) is 0 Å². The summed E-state index contributed by atoms with van der Waals surface area (Å²) in [6, 6.07) is 0. The molecule has 0 unspecified atom stereocenters. The van der Waals surface area contributed by atoms with Gasteiger partial charge >= 0.3 is 171 Å². The molecule has 1 aromatic heterocycles. The van der Waals surface area contributed by atoms with Crippen molar-refractivity contribution >= 4 is 76.7 Å². The molecule has 1 amide bonds. The van der Waals surface area contributed by atoms with Gasteiger partial charge < -0.3 is 0 Å². The van der Waals surface area contributed by atoms with Crippen LogP contribution in [0.2, 0.25) is 0 Å². The average molecular weight is 523 g/mol. The van der Waals surface area contributed by atoms with Gasteiger partial charge in [-0.3, -0.25) is 0 Å². The minimum absolute atomic E-state index is 0.114. The van der Waals surface area contributed by atoms with Crippen molar-refractivity contribution in [2.75, 3.05) is 36.4 Å². The van der Waals surface area contributed by atoms with Crippen molar-refractivity contribution in [1.82, 2.24) is 10.3 Å². The number of anilines is 2. The van der Waals surface area contributed by atoms with Crippen LogP contribution in [0.3, 0.4) is 0 Å². The molecule has 5 nitrogen and oxygen atoms in total. The normalized spacial score (nSPS) is 16.2. The van der Waals surface area contributed by atoms with Gasteiger partial charge in [-0.2, -0.15) is 0 Å². The van der Waals surface area contributed by atoms with Gasteiger partial charge in [0.2, 0.25) is 0 Å². The van der Waals surface area contributed by atoms with Gasteiger partial charge in [0.25, 0.3) is 0 Å². The molecule has 2 heterocycles. The van der Waals surface area contributed by atoms with E-state index in [4.69, 9.17) is 0 Å². The minimum atomic E-state index is -0.114. The summed E-state index contributed by atoms with van der Waals surface area (Å²) in [5, 5.41) is 8.30. The SMILES string of the molecule is O=[C]([RaH])Nc1n[c]([Rb])c(N2CCNCC2)s1. The zero-order valence-electron chi connectivity index (χ0n) is 9.54. The Labute approximate surface area is 167 Å². The Morgan fingerprint density at radius 1 is 1.56 bits per heavy atom. The Bertz CT molecular complexity index is 393. The Kier molecular flexibility index (Phi) is 6.42. The Hall–Kier alpha value is 2.13. The number of aromatic nitrogens is 1. The van der Waals surface area contributed by atoms with Crippen LogP contribution in [0.15, 0.2) is 0 Å². The molecule has 2 rings (SSSR count). The Morgan fingerprint density at radius 3 is 2.88 bits per heavy atom. The van der Waals surface area contributed by atoms with E-state index in [1.54, 1.807) is 11.3 Å². The first-order chi connectivity index (χ1) is 7.66. The number of thiazole rings is 1. The van der Waals surface area contributed by atoms with E-state index in [2.05, 4.69) is 20.5 Å². The number of nitrogens with zero attached hydrogens (tertiary/aromatic N) is 2. The molecule has 0 bridgehead atoms. The van der Waals surface area contributed by atoms with Crippen molar-refractivity contribution in [2.24, 2.45) is 0 Å². The summed E-state index contributed by atoms with van der Waals surface area (Å²) in [5.74, 6) is 0. The third kappa shape index (κ3) is 4.07. The number of hydrogen-bond donors (Lipinski definition) is 2. The molecule has 0 aromatic carbocycles. The average Bonchev–Trinajstić information content (AvgIpc) is 2.60. The molecule has 0 saturated carbocycles. The van der Waals surface area contributed by atoms with E-state index in [0.29, 0.717) is 55.5 Å². The van der Waals surface area contributed by atoms with Gasteiger partial charge in [-0.05, 0) is 0 Å². The van der Waals surface area contributed by atoms with Crippen molar-refractivity contribution < 1.29 is 47.6 Å². The first-order valence-corrected chi connectivity index (χ1v) is 12.8. The Morgan fingerprint density at radius 2 is 2.25 bits per heavy atom. The van der Waals surface area contributed by atoms with Crippen LogP contribution in [-0.2, 0) is 0 Å². The van der Waals surface area contributed by atoms with Crippen LogP contribution in [0.1, 0.15) is 0 Å². The van der Waals surface area contributed by atoms with Crippen LogP contribution in [-0.4, -0.2) is 87.6 Å². The quantitative estimate of drug-likeness (QED) is 0.532. The molecule has 8 heteroatoms. The second-order valence-corrected chi connectivity index (χ2v) is 10.9. The molecule has 1 aliphatic heterocycles. The van der Waals surface area contributed by atoms with Crippen molar-refractivity contribution in [1.29, 1.82) is 0 Å². The molecule has 16 heavy (non-hydrogen) atoms. The molecule has 2 N–H and O–H groups in total. The summed E-state index contributed by atoms with van der Waals surface area (Å²) in [7, 11) is 0. The number of carbonyl (C=O) groups excluding carboxylic acids is 1. The van der Waals surface area contributed by atoms with Crippen LogP contribution in [0.4, 0.5) is 14.9 Å². The van der Waals surface area contributed by atoms with Gasteiger partial charge in [-0.1, -0.05) is 0 Å². The molecule has 78 valence electrons. The number of nitrogens with one attached hydrogen (secondary N) is 2. The zero-order valence-corrected chi connectivity index (χ0v) is 23.5. The molecule has 1 saturated heterocycles. The standard InChI is InChI=1S/C8H10N4OS.Ra.Rb.H/c13-6-11-8-10-5-7(14-8)12-3-1-9-2-4-12;;;/h9H,1-4H2,(H,10,11,13);;;. The van der Waals surface area contributed by atoms with E-state index in [0.717, 1.165) is 31.3 Å². The maximum atomic E-state index is 11.1. The van der Waals surface area contributed by atoms with E-state index in [-0.39, 0.29) is 43.7 Å². The fourth-order valence-corrected chi connectivity index (χ4v) is 7.01. The van der Waals surface area contributed by atoms with Gasteiger partial charge in [-0.25, -0.2) is 0 Å². The van der Waals surface area contributed by atoms with E-state index in [1.807, 2.05) is 0 Å². The van der Waals surface area contributed by atoms with Crippen LogP contribution in [0, 0.1) is 42.8 Å². The second-order valence-electron chi connectivity index (χ2n) is 3.83. The van der Waals surface area contributed by atoms with Crippen molar-refractivity contribution in [3.05, 3.63) is 0 Å². The summed E-state index contributed by atoms with van der Waals surface area (Å²) < 4.78 is 1.42.